The summed E-state index contributed by atoms with van der Waals surface area (Å²) in [7, 11) is 0. The Hall–Kier alpha value is -2.46. The van der Waals surface area contributed by atoms with Crippen molar-refractivity contribution < 1.29 is 18.3 Å². The predicted octanol–water partition coefficient (Wildman–Crippen LogP) is 3.83. The van der Waals surface area contributed by atoms with Crippen molar-refractivity contribution in [3.8, 4) is 0 Å². The van der Waals surface area contributed by atoms with E-state index >= 15 is 0 Å². The Bertz CT molecular complexity index is 864. The SMILES string of the molecule is O=C(c1ccc2c(c1)COC2)c1cc2cccc(F)c2o1. The fourth-order valence-corrected chi connectivity index (χ4v) is 2.59. The molecule has 4 heteroatoms. The minimum absolute atomic E-state index is 0.116. The Morgan fingerprint density at radius 2 is 1.90 bits per heavy atom. The quantitative estimate of drug-likeness (QED) is 0.670. The second-order valence-electron chi connectivity index (χ2n) is 5.07. The number of halogens is 1. The van der Waals surface area contributed by atoms with E-state index < -0.39 is 5.82 Å². The number of hydrogen-bond donors (Lipinski definition) is 0. The maximum Gasteiger partial charge on any atom is 0.228 e. The number of benzene rings is 2. The van der Waals surface area contributed by atoms with E-state index in [2.05, 4.69) is 0 Å². The second-order valence-corrected chi connectivity index (χ2v) is 5.07. The molecule has 21 heavy (non-hydrogen) atoms. The number of rotatable bonds is 2. The fourth-order valence-electron chi connectivity index (χ4n) is 2.59. The maximum atomic E-state index is 13.6. The third kappa shape index (κ3) is 1.96. The number of ether oxygens (including phenoxy) is 1. The van der Waals surface area contributed by atoms with Crippen LogP contribution in [0.5, 0.6) is 0 Å². The van der Waals surface area contributed by atoms with Crippen LogP contribution in [0.1, 0.15) is 27.2 Å². The summed E-state index contributed by atoms with van der Waals surface area (Å²) in [4.78, 5) is 12.5. The average Bonchev–Trinajstić information content (AvgIpc) is 3.12. The van der Waals surface area contributed by atoms with Crippen molar-refractivity contribution in [1.29, 1.82) is 0 Å². The molecule has 0 unspecified atom stereocenters. The Labute approximate surface area is 119 Å². The summed E-state index contributed by atoms with van der Waals surface area (Å²) < 4.78 is 24.3. The van der Waals surface area contributed by atoms with Crippen LogP contribution < -0.4 is 0 Å². The number of fused-ring (bicyclic) bond motifs is 2. The minimum Gasteiger partial charge on any atom is -0.449 e. The van der Waals surface area contributed by atoms with Crippen LogP contribution in [0.25, 0.3) is 11.0 Å². The largest absolute Gasteiger partial charge is 0.449 e. The van der Waals surface area contributed by atoms with E-state index in [1.54, 1.807) is 24.3 Å². The Kier molecular flexibility index (Phi) is 2.65. The lowest BCUT2D eigenvalue weighted by Crippen LogP contribution is -2.00. The molecule has 0 amide bonds. The van der Waals surface area contributed by atoms with E-state index in [-0.39, 0.29) is 17.1 Å². The molecular weight excluding hydrogens is 271 g/mol. The molecule has 0 fully saturated rings. The third-order valence-corrected chi connectivity index (χ3v) is 3.70. The van der Waals surface area contributed by atoms with Gasteiger partial charge in [-0.2, -0.15) is 0 Å². The molecule has 1 aliphatic rings. The lowest BCUT2D eigenvalue weighted by atomic mass is 10.0. The number of ketones is 1. The van der Waals surface area contributed by atoms with Crippen LogP contribution in [0.2, 0.25) is 0 Å². The van der Waals surface area contributed by atoms with Gasteiger partial charge in [0.1, 0.15) is 0 Å². The van der Waals surface area contributed by atoms with E-state index in [9.17, 15) is 9.18 Å². The molecule has 1 aliphatic heterocycles. The highest BCUT2D eigenvalue weighted by Gasteiger charge is 2.19. The molecule has 2 aromatic carbocycles. The molecule has 1 aromatic heterocycles. The van der Waals surface area contributed by atoms with Crippen molar-refractivity contribution >= 4 is 16.8 Å². The fraction of sp³-hybridized carbons (Fsp3) is 0.118. The number of carbonyl (C=O) groups is 1. The van der Waals surface area contributed by atoms with Crippen LogP contribution in [0, 0.1) is 5.82 Å². The first-order valence-corrected chi connectivity index (χ1v) is 6.65. The van der Waals surface area contributed by atoms with E-state index in [1.807, 2.05) is 12.1 Å². The van der Waals surface area contributed by atoms with E-state index in [1.165, 1.54) is 6.07 Å². The van der Waals surface area contributed by atoms with Crippen molar-refractivity contribution in [2.75, 3.05) is 0 Å². The first-order valence-electron chi connectivity index (χ1n) is 6.65. The van der Waals surface area contributed by atoms with E-state index in [4.69, 9.17) is 9.15 Å². The highest BCUT2D eigenvalue weighted by Crippen LogP contribution is 2.26. The van der Waals surface area contributed by atoms with Crippen molar-refractivity contribution in [2.24, 2.45) is 0 Å². The topological polar surface area (TPSA) is 39.4 Å². The molecule has 2 heterocycles. The van der Waals surface area contributed by atoms with Gasteiger partial charge in [0, 0.05) is 10.9 Å². The molecule has 3 nitrogen and oxygen atoms in total. The highest BCUT2D eigenvalue weighted by atomic mass is 19.1. The third-order valence-electron chi connectivity index (χ3n) is 3.70. The van der Waals surface area contributed by atoms with Crippen LogP contribution in [0.3, 0.4) is 0 Å². The molecule has 0 N–H and O–H groups in total. The molecule has 0 saturated heterocycles. The van der Waals surface area contributed by atoms with E-state index in [0.29, 0.717) is 24.2 Å². The second kappa shape index (κ2) is 4.53. The van der Waals surface area contributed by atoms with Crippen LogP contribution in [-0.4, -0.2) is 5.78 Å². The molecule has 0 spiro atoms. The van der Waals surface area contributed by atoms with Gasteiger partial charge in [-0.25, -0.2) is 4.39 Å². The molecule has 0 saturated carbocycles. The molecule has 104 valence electrons. The zero-order valence-corrected chi connectivity index (χ0v) is 11.1. The number of para-hydroxylation sites is 1. The zero-order chi connectivity index (χ0) is 14.4. The van der Waals surface area contributed by atoms with Crippen molar-refractivity contribution in [2.45, 2.75) is 13.2 Å². The number of furan rings is 1. The lowest BCUT2D eigenvalue weighted by molar-refractivity contribution is 0.101. The Balaban J connectivity index is 1.77. The van der Waals surface area contributed by atoms with Crippen LogP contribution >= 0.6 is 0 Å². The summed E-state index contributed by atoms with van der Waals surface area (Å²) in [6, 6.07) is 11.6. The minimum atomic E-state index is -0.464. The Morgan fingerprint density at radius 1 is 1.05 bits per heavy atom. The number of hydrogen-bond acceptors (Lipinski definition) is 3. The summed E-state index contributed by atoms with van der Waals surface area (Å²) in [5.41, 5.74) is 2.76. The predicted molar refractivity (Wildman–Crippen MR) is 74.5 cm³/mol. The monoisotopic (exact) mass is 282 g/mol. The van der Waals surface area contributed by atoms with Gasteiger partial charge in [0.05, 0.1) is 13.2 Å². The first-order chi connectivity index (χ1) is 10.2. The molecule has 4 rings (SSSR count). The van der Waals surface area contributed by atoms with E-state index in [0.717, 1.165) is 11.1 Å². The molecule has 0 atom stereocenters. The zero-order valence-electron chi connectivity index (χ0n) is 11.1. The van der Waals surface area contributed by atoms with Crippen LogP contribution in [-0.2, 0) is 18.0 Å². The summed E-state index contributed by atoms with van der Waals surface area (Å²) in [6.07, 6.45) is 0. The van der Waals surface area contributed by atoms with Crippen LogP contribution in [0.15, 0.2) is 46.9 Å². The molecule has 0 bridgehead atoms. The highest BCUT2D eigenvalue weighted by molar-refractivity contribution is 6.09. The van der Waals surface area contributed by atoms with Gasteiger partial charge in [0.2, 0.25) is 5.78 Å². The van der Waals surface area contributed by atoms with Gasteiger partial charge >= 0.3 is 0 Å². The first kappa shape index (κ1) is 12.3. The summed E-state index contributed by atoms with van der Waals surface area (Å²) in [6.45, 7) is 1.10. The maximum absolute atomic E-state index is 13.6. The summed E-state index contributed by atoms with van der Waals surface area (Å²) >= 11 is 0. The van der Waals surface area contributed by atoms with Gasteiger partial charge in [0.15, 0.2) is 17.2 Å². The van der Waals surface area contributed by atoms with Gasteiger partial charge < -0.3 is 9.15 Å². The summed E-state index contributed by atoms with van der Waals surface area (Å²) in [5, 5.41) is 0.586. The van der Waals surface area contributed by atoms with Gasteiger partial charge in [-0.05, 0) is 29.3 Å². The lowest BCUT2D eigenvalue weighted by Gasteiger charge is -2.01. The van der Waals surface area contributed by atoms with Crippen molar-refractivity contribution in [1.82, 2.24) is 0 Å². The molecule has 0 aliphatic carbocycles. The van der Waals surface area contributed by atoms with Gasteiger partial charge in [-0.1, -0.05) is 24.3 Å². The van der Waals surface area contributed by atoms with Gasteiger partial charge in [-0.3, -0.25) is 4.79 Å². The Morgan fingerprint density at radius 3 is 2.76 bits per heavy atom. The normalized spacial score (nSPS) is 13.6. The molecular formula is C17H11FO3. The molecule has 3 aromatic rings. The van der Waals surface area contributed by atoms with Gasteiger partial charge in [0.25, 0.3) is 0 Å². The van der Waals surface area contributed by atoms with Crippen molar-refractivity contribution in [3.63, 3.8) is 0 Å². The van der Waals surface area contributed by atoms with Crippen molar-refractivity contribution in [3.05, 3.63) is 70.7 Å². The standard InChI is InChI=1S/C17H11FO3/c18-14-3-1-2-11-7-15(21-17(11)14)16(19)10-4-5-12-8-20-9-13(12)6-10/h1-7H,8-9H2. The average molecular weight is 282 g/mol. The smallest absolute Gasteiger partial charge is 0.228 e. The number of carbonyl (C=O) groups excluding carboxylic acids is 1. The summed E-state index contributed by atoms with van der Waals surface area (Å²) in [5.74, 6) is -0.567. The van der Waals surface area contributed by atoms with Crippen LogP contribution in [0.4, 0.5) is 4.39 Å². The van der Waals surface area contributed by atoms with Gasteiger partial charge in [-0.15, -0.1) is 0 Å². The molecule has 0 radical (unpaired) electrons.